The molecule has 150 valence electrons. The monoisotopic (exact) mass is 395 g/mol. The van der Waals surface area contributed by atoms with Gasteiger partial charge in [-0.3, -0.25) is 5.32 Å². The first-order valence-corrected chi connectivity index (χ1v) is 8.89. The number of nitrogens with one attached hydrogen (secondary N) is 2. The van der Waals surface area contributed by atoms with Crippen LogP contribution in [0.15, 0.2) is 39.5 Å². The Hall–Kier alpha value is -2.97. The van der Waals surface area contributed by atoms with Crippen molar-refractivity contribution >= 4 is 28.6 Å². The summed E-state index contributed by atoms with van der Waals surface area (Å²) in [4.78, 5) is 12.1. The molecule has 0 bridgehead atoms. The second kappa shape index (κ2) is 7.21. The number of fused-ring (bicyclic) bond motifs is 1. The predicted molar refractivity (Wildman–Crippen MR) is 98.4 cm³/mol. The maximum absolute atomic E-state index is 13.1. The third-order valence-corrected chi connectivity index (χ3v) is 4.61. The van der Waals surface area contributed by atoms with Gasteiger partial charge < -0.3 is 14.3 Å². The van der Waals surface area contributed by atoms with Crippen LogP contribution in [-0.2, 0) is 5.41 Å². The summed E-state index contributed by atoms with van der Waals surface area (Å²) < 4.78 is 49.5. The zero-order valence-electron chi connectivity index (χ0n) is 15.6. The third-order valence-electron chi connectivity index (χ3n) is 4.61. The number of hydrogen-bond donors (Lipinski definition) is 2. The van der Waals surface area contributed by atoms with Crippen LogP contribution < -0.4 is 10.6 Å². The van der Waals surface area contributed by atoms with Crippen LogP contribution >= 0.6 is 0 Å². The van der Waals surface area contributed by atoms with Crippen LogP contribution in [0.3, 0.4) is 0 Å². The highest BCUT2D eigenvalue weighted by atomic mass is 19.4. The Kier molecular flexibility index (Phi) is 5.10. The lowest BCUT2D eigenvalue weighted by Gasteiger charge is -2.15. The smallest absolute Gasteiger partial charge is 0.400 e. The van der Waals surface area contributed by atoms with E-state index in [1.807, 2.05) is 26.8 Å². The van der Waals surface area contributed by atoms with Gasteiger partial charge in [0.2, 0.25) is 5.88 Å². The highest BCUT2D eigenvalue weighted by Gasteiger charge is 2.66. The third kappa shape index (κ3) is 3.44. The van der Waals surface area contributed by atoms with Crippen molar-refractivity contribution in [1.82, 2.24) is 5.16 Å². The zero-order chi connectivity index (χ0) is 20.5. The minimum absolute atomic E-state index is 0.0332. The van der Waals surface area contributed by atoms with E-state index in [0.717, 1.165) is 17.0 Å². The van der Waals surface area contributed by atoms with Crippen molar-refractivity contribution in [3.63, 3.8) is 0 Å². The molecule has 2 heterocycles. The molecule has 0 radical (unpaired) electrons. The predicted octanol–water partition coefficient (Wildman–Crippen LogP) is 5.99. The summed E-state index contributed by atoms with van der Waals surface area (Å²) in [6.45, 7) is 5.91. The molecular formula is C19H20F3N3O3. The highest BCUT2D eigenvalue weighted by Crippen LogP contribution is 2.58. The van der Waals surface area contributed by atoms with Crippen molar-refractivity contribution in [3.8, 4) is 0 Å². The van der Waals surface area contributed by atoms with E-state index in [9.17, 15) is 18.0 Å². The standard InChI is InChI=1S/C17H14F3N3O3.C2H6/c1-9-2-3-11(14-10(9)4-7-25-14)21-15(24)22-13-8-12(23-26-13)16(5-6-16)17(18,19)20;1-2/h2-4,7-8H,5-6H2,1H3,(H2,21,22,24);1-2H3. The van der Waals surface area contributed by atoms with E-state index in [1.54, 1.807) is 12.1 Å². The molecule has 2 N–H and O–H groups in total. The van der Waals surface area contributed by atoms with Gasteiger partial charge in [0.15, 0.2) is 5.58 Å². The van der Waals surface area contributed by atoms with Gasteiger partial charge in [-0.25, -0.2) is 4.79 Å². The second-order valence-corrected chi connectivity index (χ2v) is 6.33. The molecule has 0 atom stereocenters. The number of aromatic nitrogens is 1. The van der Waals surface area contributed by atoms with Gasteiger partial charge in [-0.15, -0.1) is 0 Å². The normalized spacial score (nSPS) is 14.9. The molecule has 0 saturated heterocycles. The topological polar surface area (TPSA) is 80.3 Å². The molecule has 28 heavy (non-hydrogen) atoms. The Labute approximate surface area is 159 Å². The minimum atomic E-state index is -4.39. The van der Waals surface area contributed by atoms with E-state index < -0.39 is 17.6 Å². The molecule has 1 aromatic carbocycles. The molecule has 1 fully saturated rings. The van der Waals surface area contributed by atoms with Crippen LogP contribution in [-0.4, -0.2) is 17.4 Å². The van der Waals surface area contributed by atoms with Gasteiger partial charge in [0, 0.05) is 11.5 Å². The van der Waals surface area contributed by atoms with Crippen LogP contribution in [0.1, 0.15) is 37.9 Å². The quantitative estimate of drug-likeness (QED) is 0.570. The second-order valence-electron chi connectivity index (χ2n) is 6.33. The largest absolute Gasteiger partial charge is 0.462 e. The van der Waals surface area contributed by atoms with Crippen LogP contribution in [0, 0.1) is 6.92 Å². The summed E-state index contributed by atoms with van der Waals surface area (Å²) in [7, 11) is 0. The highest BCUT2D eigenvalue weighted by molar-refractivity contribution is 6.04. The SMILES string of the molecule is CC.Cc1ccc(NC(=O)Nc2cc(C3(C(F)(F)F)CC3)no2)c2occc12. The fourth-order valence-corrected chi connectivity index (χ4v) is 2.94. The lowest BCUT2D eigenvalue weighted by molar-refractivity contribution is -0.161. The van der Waals surface area contributed by atoms with Crippen LogP contribution in [0.2, 0.25) is 0 Å². The van der Waals surface area contributed by atoms with Gasteiger partial charge in [-0.1, -0.05) is 25.1 Å². The Morgan fingerprint density at radius 1 is 1.18 bits per heavy atom. The molecule has 2 amide bonds. The van der Waals surface area contributed by atoms with Gasteiger partial charge in [-0.2, -0.15) is 13.2 Å². The summed E-state index contributed by atoms with van der Waals surface area (Å²) in [6, 6.07) is 5.71. The van der Waals surface area contributed by atoms with E-state index in [0.29, 0.717) is 11.3 Å². The summed E-state index contributed by atoms with van der Waals surface area (Å²) in [6.07, 6.45) is -2.95. The number of alkyl halides is 3. The summed E-state index contributed by atoms with van der Waals surface area (Å²) in [5.74, 6) is -0.157. The summed E-state index contributed by atoms with van der Waals surface area (Å²) in [5.41, 5.74) is -0.246. The summed E-state index contributed by atoms with van der Waals surface area (Å²) in [5, 5.41) is 9.26. The molecule has 2 aromatic heterocycles. The number of hydrogen-bond acceptors (Lipinski definition) is 4. The first-order chi connectivity index (χ1) is 13.3. The molecular weight excluding hydrogens is 375 g/mol. The van der Waals surface area contributed by atoms with Gasteiger partial charge in [0.05, 0.1) is 12.0 Å². The molecule has 0 unspecified atom stereocenters. The average Bonchev–Trinajstić information content (AvgIpc) is 3.11. The van der Waals surface area contributed by atoms with Gasteiger partial charge in [0.1, 0.15) is 11.1 Å². The number of carbonyl (C=O) groups excluding carboxylic acids is 1. The average molecular weight is 395 g/mol. The van der Waals surface area contributed by atoms with Crippen molar-refractivity contribution in [2.45, 2.75) is 45.2 Å². The van der Waals surface area contributed by atoms with E-state index in [4.69, 9.17) is 8.94 Å². The molecule has 0 spiro atoms. The van der Waals surface area contributed by atoms with E-state index in [-0.39, 0.29) is 24.4 Å². The zero-order valence-corrected chi connectivity index (χ0v) is 15.6. The lowest BCUT2D eigenvalue weighted by Crippen LogP contribution is -2.28. The summed E-state index contributed by atoms with van der Waals surface area (Å²) >= 11 is 0. The van der Waals surface area contributed by atoms with E-state index in [1.165, 1.54) is 6.26 Å². The van der Waals surface area contributed by atoms with Crippen molar-refractivity contribution in [3.05, 3.63) is 41.8 Å². The van der Waals surface area contributed by atoms with Gasteiger partial charge in [-0.05, 0) is 37.5 Å². The van der Waals surface area contributed by atoms with Gasteiger partial charge in [0.25, 0.3) is 0 Å². The molecule has 1 saturated carbocycles. The van der Waals surface area contributed by atoms with E-state index in [2.05, 4.69) is 15.8 Å². The first kappa shape index (κ1) is 19.8. The molecule has 9 heteroatoms. The fourth-order valence-electron chi connectivity index (χ4n) is 2.94. The number of urea groups is 1. The number of amides is 2. The number of carbonyl (C=O) groups is 1. The number of benzene rings is 1. The molecule has 6 nitrogen and oxygen atoms in total. The van der Waals surface area contributed by atoms with Crippen LogP contribution in [0.4, 0.5) is 29.5 Å². The Morgan fingerprint density at radius 2 is 1.89 bits per heavy atom. The molecule has 4 rings (SSSR count). The maximum atomic E-state index is 13.1. The van der Waals surface area contributed by atoms with Crippen LogP contribution in [0.5, 0.6) is 0 Å². The number of nitrogens with zero attached hydrogens (tertiary/aromatic N) is 1. The van der Waals surface area contributed by atoms with Crippen molar-refractivity contribution < 1.29 is 26.9 Å². The Bertz CT molecular complexity index is 987. The minimum Gasteiger partial charge on any atom is -0.462 e. The van der Waals surface area contributed by atoms with E-state index >= 15 is 0 Å². The van der Waals surface area contributed by atoms with Crippen molar-refractivity contribution in [1.29, 1.82) is 0 Å². The lowest BCUT2D eigenvalue weighted by atomic mass is 10.0. The number of halogens is 3. The number of rotatable bonds is 3. The Morgan fingerprint density at radius 3 is 2.54 bits per heavy atom. The number of furan rings is 1. The number of aryl methyl sites for hydroxylation is 1. The maximum Gasteiger partial charge on any atom is 0.400 e. The van der Waals surface area contributed by atoms with Gasteiger partial charge >= 0.3 is 12.2 Å². The molecule has 0 aliphatic heterocycles. The first-order valence-electron chi connectivity index (χ1n) is 8.89. The van der Waals surface area contributed by atoms with Crippen LogP contribution in [0.25, 0.3) is 11.0 Å². The molecule has 3 aromatic rings. The van der Waals surface area contributed by atoms with Crippen molar-refractivity contribution in [2.75, 3.05) is 10.6 Å². The molecule has 1 aliphatic rings. The number of anilines is 2. The Balaban J connectivity index is 0.00000109. The molecule has 1 aliphatic carbocycles. The van der Waals surface area contributed by atoms with Crippen molar-refractivity contribution in [2.24, 2.45) is 0 Å². The fraction of sp³-hybridized carbons (Fsp3) is 0.368.